The Bertz CT molecular complexity index is 463. The van der Waals surface area contributed by atoms with Crippen LogP contribution in [0.4, 0.5) is 19.3 Å². The van der Waals surface area contributed by atoms with E-state index in [1.165, 1.54) is 12.1 Å². The van der Waals surface area contributed by atoms with Gasteiger partial charge in [-0.25, -0.2) is 4.79 Å². The number of benzene rings is 1. The largest absolute Gasteiger partial charge is 0.435 e. The average molecular weight is 285 g/mol. The minimum atomic E-state index is -2.83. The molecule has 1 saturated heterocycles. The van der Waals surface area contributed by atoms with Crippen molar-refractivity contribution in [1.82, 2.24) is 4.90 Å². The molecule has 1 aliphatic rings. The molecule has 0 bridgehead atoms. The van der Waals surface area contributed by atoms with E-state index >= 15 is 0 Å². The number of hydrogen-bond acceptors (Lipinski definition) is 3. The Balaban J connectivity index is 1.89. The van der Waals surface area contributed by atoms with Gasteiger partial charge >= 0.3 is 12.6 Å². The molecule has 1 heterocycles. The highest BCUT2D eigenvalue weighted by molar-refractivity contribution is 5.72. The third kappa shape index (κ3) is 3.97. The molecule has 5 nitrogen and oxygen atoms in total. The summed E-state index contributed by atoms with van der Waals surface area (Å²) in [5.41, 5.74) is 5.93. The lowest BCUT2D eigenvalue weighted by Crippen LogP contribution is -2.44. The first-order valence-electron chi connectivity index (χ1n) is 6.40. The number of halogens is 2. The summed E-state index contributed by atoms with van der Waals surface area (Å²) in [5.74, 6) is 0.125. The summed E-state index contributed by atoms with van der Waals surface area (Å²) in [6.07, 6.45) is 1.53. The van der Waals surface area contributed by atoms with Crippen LogP contribution in [0, 0.1) is 0 Å². The maximum atomic E-state index is 12.1. The highest BCUT2D eigenvalue weighted by Crippen LogP contribution is 2.22. The fourth-order valence-electron chi connectivity index (χ4n) is 2.24. The van der Waals surface area contributed by atoms with Gasteiger partial charge in [-0.2, -0.15) is 8.78 Å². The Hall–Kier alpha value is -2.05. The van der Waals surface area contributed by atoms with Gasteiger partial charge in [-0.15, -0.1) is 0 Å². The molecule has 7 heteroatoms. The van der Waals surface area contributed by atoms with Crippen LogP contribution in [0.5, 0.6) is 5.75 Å². The van der Waals surface area contributed by atoms with E-state index in [0.29, 0.717) is 13.1 Å². The fraction of sp³-hybridized carbons (Fsp3) is 0.462. The van der Waals surface area contributed by atoms with Crippen LogP contribution in [0.15, 0.2) is 24.3 Å². The quantitative estimate of drug-likeness (QED) is 0.891. The summed E-state index contributed by atoms with van der Waals surface area (Å²) in [6.45, 7) is -1.63. The smallest absolute Gasteiger partial charge is 0.387 e. The second kappa shape index (κ2) is 6.40. The molecule has 0 aromatic heterocycles. The number of carbonyl (C=O) groups excluding carboxylic acids is 1. The number of anilines is 1. The monoisotopic (exact) mass is 285 g/mol. The molecule has 0 spiro atoms. The van der Waals surface area contributed by atoms with Gasteiger partial charge in [0, 0.05) is 30.9 Å². The van der Waals surface area contributed by atoms with Crippen molar-refractivity contribution in [3.63, 3.8) is 0 Å². The molecular formula is C13H17F2N3O2. The molecule has 0 radical (unpaired) electrons. The lowest BCUT2D eigenvalue weighted by atomic mass is 10.0. The van der Waals surface area contributed by atoms with Crippen molar-refractivity contribution in [1.29, 1.82) is 0 Å². The van der Waals surface area contributed by atoms with Gasteiger partial charge in [0.15, 0.2) is 0 Å². The minimum absolute atomic E-state index is 0.125. The number of ether oxygens (including phenoxy) is 1. The van der Waals surface area contributed by atoms with Gasteiger partial charge in [-0.3, -0.25) is 0 Å². The zero-order valence-electron chi connectivity index (χ0n) is 10.9. The molecule has 3 N–H and O–H groups in total. The van der Waals surface area contributed by atoms with Gasteiger partial charge in [0.1, 0.15) is 5.75 Å². The topological polar surface area (TPSA) is 67.6 Å². The van der Waals surface area contributed by atoms with Crippen LogP contribution >= 0.6 is 0 Å². The summed E-state index contributed by atoms with van der Waals surface area (Å²) in [5, 5.41) is 3.25. The zero-order valence-corrected chi connectivity index (χ0v) is 10.9. The van der Waals surface area contributed by atoms with E-state index < -0.39 is 12.6 Å². The van der Waals surface area contributed by atoms with E-state index in [-0.39, 0.29) is 11.8 Å². The van der Waals surface area contributed by atoms with Crippen molar-refractivity contribution in [3.05, 3.63) is 24.3 Å². The number of rotatable bonds is 4. The number of urea groups is 1. The summed E-state index contributed by atoms with van der Waals surface area (Å²) >= 11 is 0. The number of piperidine rings is 1. The molecule has 0 aliphatic carbocycles. The Kier molecular flexibility index (Phi) is 4.60. The van der Waals surface area contributed by atoms with Crippen LogP contribution in [0.3, 0.4) is 0 Å². The minimum Gasteiger partial charge on any atom is -0.435 e. The number of nitrogens with one attached hydrogen (secondary N) is 1. The molecule has 1 aromatic rings. The van der Waals surface area contributed by atoms with E-state index in [4.69, 9.17) is 5.73 Å². The average Bonchev–Trinajstić information content (AvgIpc) is 2.39. The van der Waals surface area contributed by atoms with E-state index in [1.54, 1.807) is 17.0 Å². The summed E-state index contributed by atoms with van der Waals surface area (Å²) in [7, 11) is 0. The van der Waals surface area contributed by atoms with Crippen molar-refractivity contribution in [2.24, 2.45) is 5.73 Å². The Labute approximate surface area is 115 Å². The van der Waals surface area contributed by atoms with Crippen LogP contribution in [0.2, 0.25) is 0 Å². The second-order valence-corrected chi connectivity index (χ2v) is 4.65. The van der Waals surface area contributed by atoms with E-state index in [0.717, 1.165) is 18.5 Å². The molecule has 1 fully saturated rings. The molecule has 20 heavy (non-hydrogen) atoms. The maximum Gasteiger partial charge on any atom is 0.387 e. The third-order valence-electron chi connectivity index (χ3n) is 3.24. The Morgan fingerprint density at radius 2 is 2.10 bits per heavy atom. The highest BCUT2D eigenvalue weighted by atomic mass is 19.3. The standard InChI is InChI=1S/C13H17F2N3O2/c14-12(15)20-11-3-1-2-10(8-11)17-9-4-6-18(7-5-9)13(16)19/h1-3,8-9,12,17H,4-7H2,(H2,16,19). The van der Waals surface area contributed by atoms with Crippen molar-refractivity contribution in [3.8, 4) is 5.75 Å². The normalized spacial score (nSPS) is 16.2. The molecule has 0 atom stereocenters. The first kappa shape index (κ1) is 14.4. The number of alkyl halides is 2. The zero-order chi connectivity index (χ0) is 14.5. The van der Waals surface area contributed by atoms with Crippen LogP contribution in [-0.4, -0.2) is 36.7 Å². The molecule has 2 rings (SSSR count). The van der Waals surface area contributed by atoms with Gasteiger partial charge in [-0.05, 0) is 25.0 Å². The van der Waals surface area contributed by atoms with Crippen LogP contribution in [0.1, 0.15) is 12.8 Å². The number of nitrogens with two attached hydrogens (primary N) is 1. The number of primary amides is 1. The highest BCUT2D eigenvalue weighted by Gasteiger charge is 2.21. The van der Waals surface area contributed by atoms with E-state index in [1.807, 2.05) is 0 Å². The van der Waals surface area contributed by atoms with Gasteiger partial charge in [0.25, 0.3) is 0 Å². The third-order valence-corrected chi connectivity index (χ3v) is 3.24. The molecule has 110 valence electrons. The number of carbonyl (C=O) groups is 1. The van der Waals surface area contributed by atoms with Gasteiger partial charge in [0.2, 0.25) is 0 Å². The van der Waals surface area contributed by atoms with Crippen LogP contribution < -0.4 is 15.8 Å². The summed E-state index contributed by atoms with van der Waals surface area (Å²) in [4.78, 5) is 12.6. The lowest BCUT2D eigenvalue weighted by Gasteiger charge is -2.31. The number of amides is 2. The van der Waals surface area contributed by atoms with Crippen molar-refractivity contribution in [2.75, 3.05) is 18.4 Å². The molecular weight excluding hydrogens is 268 g/mol. The molecule has 0 unspecified atom stereocenters. The van der Waals surface area contributed by atoms with Crippen molar-refractivity contribution in [2.45, 2.75) is 25.5 Å². The van der Waals surface area contributed by atoms with Gasteiger partial charge in [-0.1, -0.05) is 6.07 Å². The molecule has 1 aliphatic heterocycles. The summed E-state index contributed by atoms with van der Waals surface area (Å²) in [6, 6.07) is 6.24. The summed E-state index contributed by atoms with van der Waals surface area (Å²) < 4.78 is 28.6. The Morgan fingerprint density at radius 3 is 2.70 bits per heavy atom. The first-order chi connectivity index (χ1) is 9.54. The fourth-order valence-corrected chi connectivity index (χ4v) is 2.24. The van der Waals surface area contributed by atoms with Crippen LogP contribution in [0.25, 0.3) is 0 Å². The number of nitrogens with zero attached hydrogens (tertiary/aromatic N) is 1. The SMILES string of the molecule is NC(=O)N1CCC(Nc2cccc(OC(F)F)c2)CC1. The molecule has 0 saturated carbocycles. The Morgan fingerprint density at radius 1 is 1.40 bits per heavy atom. The van der Waals surface area contributed by atoms with Gasteiger partial charge in [0.05, 0.1) is 0 Å². The van der Waals surface area contributed by atoms with E-state index in [2.05, 4.69) is 10.1 Å². The molecule has 2 amide bonds. The lowest BCUT2D eigenvalue weighted by molar-refractivity contribution is -0.0498. The molecule has 1 aromatic carbocycles. The maximum absolute atomic E-state index is 12.1. The van der Waals surface area contributed by atoms with Crippen molar-refractivity contribution >= 4 is 11.7 Å². The predicted molar refractivity (Wildman–Crippen MR) is 70.9 cm³/mol. The van der Waals surface area contributed by atoms with E-state index in [9.17, 15) is 13.6 Å². The van der Waals surface area contributed by atoms with Gasteiger partial charge < -0.3 is 20.7 Å². The second-order valence-electron chi connectivity index (χ2n) is 4.65. The first-order valence-corrected chi connectivity index (χ1v) is 6.40. The number of likely N-dealkylation sites (tertiary alicyclic amines) is 1. The number of hydrogen-bond donors (Lipinski definition) is 2. The van der Waals surface area contributed by atoms with Crippen LogP contribution in [-0.2, 0) is 0 Å². The predicted octanol–water partition coefficient (Wildman–Crippen LogP) is 2.24. The van der Waals surface area contributed by atoms with Crippen molar-refractivity contribution < 1.29 is 18.3 Å².